The predicted octanol–water partition coefficient (Wildman–Crippen LogP) is -0.271. The molecule has 1 aliphatic rings. The number of hydrogen-bond donors (Lipinski definition) is 6. The molecule has 3 heterocycles. The van der Waals surface area contributed by atoms with Gasteiger partial charge in [-0.15, -0.1) is 15.6 Å². The minimum Gasteiger partial charge on any atom is -0.489 e. The highest BCUT2D eigenvalue weighted by Crippen LogP contribution is 2.40. The molecule has 19 nitrogen and oxygen atoms in total. The number of carboxylic acid groups (broad SMARTS) is 1. The summed E-state index contributed by atoms with van der Waals surface area (Å²) < 4.78 is 44.7. The molecule has 0 bridgehead atoms. The Morgan fingerprint density at radius 1 is 1.20 bits per heavy atom. The van der Waals surface area contributed by atoms with Crippen LogP contribution >= 0.6 is 11.3 Å². The smallest absolute Gasteiger partial charge is 0.418 e. The molecule has 9 N–H and O–H groups in total. The fraction of sp³-hybridized carbons (Fsp3) is 0.429. The van der Waals surface area contributed by atoms with Crippen LogP contribution in [0.4, 0.5) is 5.13 Å². The minimum atomic E-state index is -5.00. The van der Waals surface area contributed by atoms with Gasteiger partial charge in [-0.25, -0.2) is 9.78 Å². The fourth-order valence-corrected chi connectivity index (χ4v) is 5.98. The highest BCUT2D eigenvalue weighted by molar-refractivity contribution is 7.80. The molecule has 2 atom stereocenters. The van der Waals surface area contributed by atoms with Crippen molar-refractivity contribution in [1.82, 2.24) is 19.2 Å². The maximum atomic E-state index is 13.4. The summed E-state index contributed by atoms with van der Waals surface area (Å²) in [7, 11) is -3.25. The molecule has 1 aromatic carbocycles. The molecule has 49 heavy (non-hydrogen) atoms. The number of rotatable bonds is 17. The number of β-lactam (4-membered cyclic amide) rings is 1. The zero-order valence-electron chi connectivity index (χ0n) is 26.7. The summed E-state index contributed by atoms with van der Waals surface area (Å²) >= 11 is 0.975. The standard InChI is InChI=1S/C28H37N9O10S2/c1-28(2)18(24(39)37(28)47-49(42,43)44)8-21(38)23(19-14-48-26(31)33-19)34-46-22(25(40)41)13-45-17-6-4-16(5-7-17)20-12-36(27(32)35(20)3)11-15(9-29)10-30/h4-7,12,14-15,18,22,32H,8-11,13,29-30H2,1-3H3,(H2,31,33)(H,40,41)(H,42,43,44)/b32-27?,34-23-. The van der Waals surface area contributed by atoms with E-state index in [1.807, 2.05) is 6.20 Å². The number of oxime groups is 1. The third-order valence-corrected chi connectivity index (χ3v) is 8.92. The molecule has 266 valence electrons. The van der Waals surface area contributed by atoms with Crippen LogP contribution in [0.5, 0.6) is 5.75 Å². The second-order valence-corrected chi connectivity index (χ2v) is 13.5. The van der Waals surface area contributed by atoms with Crippen molar-refractivity contribution in [3.05, 3.63) is 47.2 Å². The predicted molar refractivity (Wildman–Crippen MR) is 174 cm³/mol. The molecular weight excluding hydrogens is 686 g/mol. The maximum Gasteiger partial charge on any atom is 0.418 e. The van der Waals surface area contributed by atoms with Crippen molar-refractivity contribution in [3.63, 3.8) is 0 Å². The van der Waals surface area contributed by atoms with Gasteiger partial charge < -0.3 is 41.0 Å². The number of carbonyl (C=O) groups excluding carboxylic acids is 2. The van der Waals surface area contributed by atoms with Crippen molar-refractivity contribution < 1.29 is 46.3 Å². The van der Waals surface area contributed by atoms with Gasteiger partial charge in [0.15, 0.2) is 16.6 Å². The number of imidazole rings is 1. The summed E-state index contributed by atoms with van der Waals surface area (Å²) in [6, 6.07) is 6.70. The summed E-state index contributed by atoms with van der Waals surface area (Å²) in [6.45, 7) is 3.58. The first-order valence-electron chi connectivity index (χ1n) is 14.6. The summed E-state index contributed by atoms with van der Waals surface area (Å²) in [5, 5.41) is 23.9. The molecule has 2 aromatic heterocycles. The lowest BCUT2D eigenvalue weighted by Crippen LogP contribution is -2.68. The Bertz CT molecular complexity index is 1900. The second-order valence-electron chi connectivity index (χ2n) is 11.6. The summed E-state index contributed by atoms with van der Waals surface area (Å²) in [5.74, 6) is -3.91. The third kappa shape index (κ3) is 8.50. The number of ether oxygens (including phenoxy) is 1. The lowest BCUT2D eigenvalue weighted by Gasteiger charge is -2.50. The third-order valence-electron chi connectivity index (χ3n) is 7.91. The van der Waals surface area contributed by atoms with Crippen molar-refractivity contribution >= 4 is 50.2 Å². The van der Waals surface area contributed by atoms with Gasteiger partial charge in [-0.2, -0.15) is 13.5 Å². The molecule has 1 saturated heterocycles. The van der Waals surface area contributed by atoms with Crippen LogP contribution in [0.25, 0.3) is 11.3 Å². The number of ketones is 1. The number of carboxylic acids is 1. The zero-order valence-corrected chi connectivity index (χ0v) is 28.3. The average molecular weight is 724 g/mol. The van der Waals surface area contributed by atoms with E-state index in [0.29, 0.717) is 30.4 Å². The van der Waals surface area contributed by atoms with E-state index >= 15 is 0 Å². The van der Waals surface area contributed by atoms with E-state index < -0.39 is 64.4 Å². The number of amides is 1. The van der Waals surface area contributed by atoms with Crippen LogP contribution in [-0.4, -0.2) is 92.0 Å². The van der Waals surface area contributed by atoms with E-state index in [9.17, 15) is 27.9 Å². The average Bonchev–Trinajstić information content (AvgIpc) is 3.60. The monoisotopic (exact) mass is 723 g/mol. The maximum absolute atomic E-state index is 13.4. The molecule has 1 amide bonds. The number of nitrogens with one attached hydrogen (secondary N) is 1. The van der Waals surface area contributed by atoms with Gasteiger partial charge in [0.2, 0.25) is 5.62 Å². The Hall–Kier alpha value is -4.67. The highest BCUT2D eigenvalue weighted by Gasteiger charge is 2.57. The minimum absolute atomic E-state index is 0.0170. The number of aromatic nitrogens is 3. The normalized spacial score (nSPS) is 16.8. The van der Waals surface area contributed by atoms with Gasteiger partial charge in [0.1, 0.15) is 18.1 Å². The first-order valence-corrected chi connectivity index (χ1v) is 16.9. The number of anilines is 1. The quantitative estimate of drug-likeness (QED) is 0.0452. The first-order chi connectivity index (χ1) is 23.0. The van der Waals surface area contributed by atoms with Crippen LogP contribution in [0.3, 0.4) is 0 Å². The molecule has 0 radical (unpaired) electrons. The number of hydroxylamine groups is 2. The van der Waals surface area contributed by atoms with Crippen LogP contribution in [0, 0.1) is 17.2 Å². The largest absolute Gasteiger partial charge is 0.489 e. The number of benzene rings is 1. The van der Waals surface area contributed by atoms with Gasteiger partial charge in [-0.3, -0.25) is 19.6 Å². The topological polar surface area (TPSA) is 294 Å². The van der Waals surface area contributed by atoms with Crippen molar-refractivity contribution in [3.8, 4) is 17.0 Å². The number of nitrogens with zero attached hydrogens (tertiary/aromatic N) is 5. The molecule has 4 rings (SSSR count). The number of aliphatic carboxylic acids is 1. The molecule has 2 unspecified atom stereocenters. The van der Waals surface area contributed by atoms with E-state index in [1.54, 1.807) is 40.4 Å². The van der Waals surface area contributed by atoms with E-state index in [2.05, 4.69) is 14.4 Å². The van der Waals surface area contributed by atoms with Gasteiger partial charge in [0, 0.05) is 37.5 Å². The van der Waals surface area contributed by atoms with Gasteiger partial charge in [0.25, 0.3) is 12.0 Å². The molecule has 1 fully saturated rings. The second kappa shape index (κ2) is 14.8. The van der Waals surface area contributed by atoms with E-state index in [0.717, 1.165) is 22.6 Å². The Balaban J connectivity index is 1.46. The van der Waals surface area contributed by atoms with Crippen LogP contribution in [0.15, 0.2) is 41.0 Å². The van der Waals surface area contributed by atoms with Crippen molar-refractivity contribution in [2.24, 2.45) is 35.5 Å². The van der Waals surface area contributed by atoms with E-state index in [4.69, 9.17) is 36.7 Å². The molecule has 21 heteroatoms. The molecule has 0 spiro atoms. The number of nitrogen functional groups attached to an aromatic ring is 1. The Kier molecular flexibility index (Phi) is 11.3. The molecule has 0 saturated carbocycles. The van der Waals surface area contributed by atoms with Gasteiger partial charge in [0.05, 0.1) is 17.2 Å². The van der Waals surface area contributed by atoms with Crippen LogP contribution in [0.2, 0.25) is 0 Å². The van der Waals surface area contributed by atoms with Crippen LogP contribution < -0.4 is 27.6 Å². The summed E-state index contributed by atoms with van der Waals surface area (Å²) in [4.78, 5) is 47.2. The molecule has 3 aromatic rings. The van der Waals surface area contributed by atoms with E-state index in [-0.39, 0.29) is 22.4 Å². The lowest BCUT2D eigenvalue weighted by molar-refractivity contribution is -0.228. The number of thiazole rings is 1. The van der Waals surface area contributed by atoms with Crippen LogP contribution in [0.1, 0.15) is 26.0 Å². The summed E-state index contributed by atoms with van der Waals surface area (Å²) in [5.41, 5.74) is 17.2. The Morgan fingerprint density at radius 3 is 2.39 bits per heavy atom. The van der Waals surface area contributed by atoms with Crippen molar-refractivity contribution in [2.75, 3.05) is 25.4 Å². The Labute approximate surface area is 284 Å². The number of Topliss-reactive ketones (excluding diaryl/α,β-unsaturated/α-hetero) is 1. The van der Waals surface area contributed by atoms with Gasteiger partial charge >= 0.3 is 16.4 Å². The van der Waals surface area contributed by atoms with Gasteiger partial charge in [-0.1, -0.05) is 5.16 Å². The van der Waals surface area contributed by atoms with Crippen molar-refractivity contribution in [2.45, 2.75) is 38.5 Å². The van der Waals surface area contributed by atoms with Crippen LogP contribution in [-0.2, 0) is 47.5 Å². The first kappa shape index (κ1) is 37.2. The summed E-state index contributed by atoms with van der Waals surface area (Å²) in [6.07, 6.45) is -0.376. The Morgan fingerprint density at radius 2 is 1.86 bits per heavy atom. The van der Waals surface area contributed by atoms with Crippen molar-refractivity contribution in [1.29, 1.82) is 5.41 Å². The SMILES string of the molecule is Cn1c(-c2ccc(OCC(O/N=C(\C(=O)CC3C(=O)N(OS(=O)(=O)O)C3(C)C)c3csc(N)n3)C(=O)O)cc2)cn(CC(CN)CN)c1=N. The molecular formula is C28H37N9O10S2. The lowest BCUT2D eigenvalue weighted by atomic mass is 9.74. The fourth-order valence-electron chi connectivity index (χ4n) is 4.98. The highest BCUT2D eigenvalue weighted by atomic mass is 32.3. The van der Waals surface area contributed by atoms with Gasteiger partial charge in [-0.05, 0) is 56.8 Å². The number of hydrogen-bond acceptors (Lipinski definition) is 15. The number of carbonyl (C=O) groups is 3. The zero-order chi connectivity index (χ0) is 36.3. The molecule has 1 aliphatic heterocycles. The van der Waals surface area contributed by atoms with E-state index in [1.165, 1.54) is 19.2 Å². The number of nitrogens with two attached hydrogens (primary N) is 3. The molecule has 0 aliphatic carbocycles.